The van der Waals surface area contributed by atoms with Gasteiger partial charge in [0.05, 0.1) is 5.56 Å². The van der Waals surface area contributed by atoms with Crippen molar-refractivity contribution in [3.63, 3.8) is 0 Å². The Labute approximate surface area is 84.3 Å². The first-order valence-corrected chi connectivity index (χ1v) is 4.89. The highest BCUT2D eigenvalue weighted by Crippen LogP contribution is 2.26. The normalized spacial score (nSPS) is 10.0. The number of hydrogen-bond donors (Lipinski definition) is 1. The van der Waals surface area contributed by atoms with Gasteiger partial charge in [-0.3, -0.25) is 4.79 Å². The van der Waals surface area contributed by atoms with Gasteiger partial charge in [0.15, 0.2) is 5.75 Å². The van der Waals surface area contributed by atoms with Gasteiger partial charge in [-0.1, -0.05) is 12.1 Å². The van der Waals surface area contributed by atoms with E-state index < -0.39 is 0 Å². The van der Waals surface area contributed by atoms with Crippen LogP contribution in [0.4, 0.5) is 0 Å². The van der Waals surface area contributed by atoms with E-state index in [0.717, 1.165) is 0 Å². The Balaban J connectivity index is 2.73. The van der Waals surface area contributed by atoms with Gasteiger partial charge in [0, 0.05) is 11.6 Å². The number of aromatic hydroxyl groups is 1. The monoisotopic (exact) mass is 205 g/mol. The molecular formula is C10H7NO2S. The van der Waals surface area contributed by atoms with Crippen molar-refractivity contribution in [2.75, 3.05) is 0 Å². The van der Waals surface area contributed by atoms with Gasteiger partial charge < -0.3 is 5.11 Å². The second-order valence-corrected chi connectivity index (χ2v) is 3.58. The van der Waals surface area contributed by atoms with E-state index in [-0.39, 0.29) is 11.2 Å². The van der Waals surface area contributed by atoms with Crippen LogP contribution in [0.3, 0.4) is 0 Å². The van der Waals surface area contributed by atoms with E-state index >= 15 is 0 Å². The van der Waals surface area contributed by atoms with Gasteiger partial charge in [-0.2, -0.15) is 0 Å². The van der Waals surface area contributed by atoms with E-state index in [1.807, 2.05) is 0 Å². The molecule has 0 unspecified atom stereocenters. The molecule has 1 heterocycles. The van der Waals surface area contributed by atoms with Gasteiger partial charge in [0.25, 0.3) is 0 Å². The summed E-state index contributed by atoms with van der Waals surface area (Å²) in [6.45, 7) is 0. The lowest BCUT2D eigenvalue weighted by molar-refractivity contribution is 0.473. The molecule has 0 radical (unpaired) electrons. The Bertz CT molecular complexity index is 494. The molecule has 0 aliphatic carbocycles. The van der Waals surface area contributed by atoms with E-state index in [1.165, 1.54) is 17.4 Å². The van der Waals surface area contributed by atoms with Crippen molar-refractivity contribution in [3.8, 4) is 16.3 Å². The average molecular weight is 205 g/mol. The minimum atomic E-state index is -0.389. The maximum Gasteiger partial charge on any atom is 0.220 e. The van der Waals surface area contributed by atoms with Crippen molar-refractivity contribution >= 4 is 11.3 Å². The first-order valence-electron chi connectivity index (χ1n) is 4.01. The van der Waals surface area contributed by atoms with Crippen LogP contribution in [0.1, 0.15) is 0 Å². The summed E-state index contributed by atoms with van der Waals surface area (Å²) in [6, 6.07) is 6.30. The molecule has 0 aliphatic heterocycles. The fourth-order valence-corrected chi connectivity index (χ4v) is 1.78. The Kier molecular flexibility index (Phi) is 2.28. The van der Waals surface area contributed by atoms with Gasteiger partial charge in [0.1, 0.15) is 5.01 Å². The third-order valence-electron chi connectivity index (χ3n) is 1.77. The van der Waals surface area contributed by atoms with E-state index in [2.05, 4.69) is 4.98 Å². The van der Waals surface area contributed by atoms with Gasteiger partial charge in [0.2, 0.25) is 5.43 Å². The molecule has 0 fully saturated rings. The first kappa shape index (κ1) is 8.90. The quantitative estimate of drug-likeness (QED) is 0.773. The Hall–Kier alpha value is -1.68. The standard InChI is InChI=1S/C10H7NO2S/c12-8-4-2-1-3-7(9(8)13)10-11-5-6-14-10/h1-6H,(H,12,13). The molecule has 4 heteroatoms. The largest absolute Gasteiger partial charge is 0.504 e. The second-order valence-electron chi connectivity index (χ2n) is 2.68. The molecule has 1 aromatic heterocycles. The fourth-order valence-electron chi connectivity index (χ4n) is 1.11. The summed E-state index contributed by atoms with van der Waals surface area (Å²) in [4.78, 5) is 15.3. The Morgan fingerprint density at radius 2 is 2.07 bits per heavy atom. The van der Waals surface area contributed by atoms with Crippen LogP contribution < -0.4 is 5.43 Å². The number of aromatic nitrogens is 1. The summed E-state index contributed by atoms with van der Waals surface area (Å²) in [5.74, 6) is -0.245. The molecule has 3 nitrogen and oxygen atoms in total. The summed E-state index contributed by atoms with van der Waals surface area (Å²) in [7, 11) is 0. The zero-order chi connectivity index (χ0) is 9.97. The number of hydrogen-bond acceptors (Lipinski definition) is 4. The topological polar surface area (TPSA) is 50.2 Å². The summed E-state index contributed by atoms with van der Waals surface area (Å²) >= 11 is 1.38. The highest BCUT2D eigenvalue weighted by Gasteiger charge is 2.07. The third-order valence-corrected chi connectivity index (χ3v) is 2.58. The van der Waals surface area contributed by atoms with E-state index in [9.17, 15) is 9.90 Å². The maximum atomic E-state index is 11.3. The summed E-state index contributed by atoms with van der Waals surface area (Å²) < 4.78 is 0. The van der Waals surface area contributed by atoms with Crippen molar-refractivity contribution in [2.45, 2.75) is 0 Å². The van der Waals surface area contributed by atoms with Gasteiger partial charge in [-0.25, -0.2) is 4.98 Å². The van der Waals surface area contributed by atoms with Gasteiger partial charge >= 0.3 is 0 Å². The average Bonchev–Trinajstić information content (AvgIpc) is 2.64. The van der Waals surface area contributed by atoms with Gasteiger partial charge in [-0.05, 0) is 12.1 Å². The van der Waals surface area contributed by atoms with Crippen LogP contribution in [0.2, 0.25) is 0 Å². The Morgan fingerprint density at radius 1 is 1.29 bits per heavy atom. The second kappa shape index (κ2) is 3.59. The summed E-state index contributed by atoms with van der Waals surface area (Å²) in [5, 5.41) is 12.0. The molecule has 1 N–H and O–H groups in total. The lowest BCUT2D eigenvalue weighted by atomic mass is 10.3. The van der Waals surface area contributed by atoms with Crippen molar-refractivity contribution < 1.29 is 5.11 Å². The van der Waals surface area contributed by atoms with Crippen LogP contribution in [0, 0.1) is 0 Å². The highest BCUT2D eigenvalue weighted by molar-refractivity contribution is 7.13. The molecule has 2 rings (SSSR count). The van der Waals surface area contributed by atoms with Crippen molar-refractivity contribution in [1.29, 1.82) is 0 Å². The van der Waals surface area contributed by atoms with Crippen LogP contribution in [-0.4, -0.2) is 10.1 Å². The predicted molar refractivity (Wildman–Crippen MR) is 55.5 cm³/mol. The minimum absolute atomic E-state index is 0.245. The maximum absolute atomic E-state index is 11.3. The van der Waals surface area contributed by atoms with Crippen molar-refractivity contribution in [3.05, 3.63) is 46.1 Å². The SMILES string of the molecule is O=c1ccccc(-c2nccs2)c1O. The molecular weight excluding hydrogens is 198 g/mol. The molecule has 0 aliphatic rings. The van der Waals surface area contributed by atoms with Crippen LogP contribution >= 0.6 is 11.3 Å². The van der Waals surface area contributed by atoms with E-state index in [0.29, 0.717) is 10.6 Å². The molecule has 0 spiro atoms. The molecule has 2 aromatic rings. The lowest BCUT2D eigenvalue weighted by Gasteiger charge is -1.93. The number of rotatable bonds is 1. The smallest absolute Gasteiger partial charge is 0.220 e. The molecule has 0 amide bonds. The first-order chi connectivity index (χ1) is 6.79. The molecule has 0 saturated heterocycles. The van der Waals surface area contributed by atoms with Crippen LogP contribution in [0.15, 0.2) is 40.6 Å². The van der Waals surface area contributed by atoms with E-state index in [4.69, 9.17) is 0 Å². The molecule has 0 bridgehead atoms. The molecule has 14 heavy (non-hydrogen) atoms. The molecule has 70 valence electrons. The zero-order valence-corrected chi connectivity index (χ0v) is 7.99. The van der Waals surface area contributed by atoms with Crippen molar-refractivity contribution in [1.82, 2.24) is 4.98 Å². The minimum Gasteiger partial charge on any atom is -0.504 e. The Morgan fingerprint density at radius 3 is 2.79 bits per heavy atom. The fraction of sp³-hybridized carbons (Fsp3) is 0. The highest BCUT2D eigenvalue weighted by atomic mass is 32.1. The number of nitrogens with zero attached hydrogens (tertiary/aromatic N) is 1. The lowest BCUT2D eigenvalue weighted by Crippen LogP contribution is -1.94. The number of thiazole rings is 1. The predicted octanol–water partition coefficient (Wildman–Crippen LogP) is 1.88. The van der Waals surface area contributed by atoms with Crippen LogP contribution in [0.5, 0.6) is 5.75 Å². The van der Waals surface area contributed by atoms with Gasteiger partial charge in [-0.15, -0.1) is 11.3 Å². The summed E-state index contributed by atoms with van der Waals surface area (Å²) in [6.07, 6.45) is 1.64. The van der Waals surface area contributed by atoms with Crippen LogP contribution in [0.25, 0.3) is 10.6 Å². The molecule has 0 atom stereocenters. The third kappa shape index (κ3) is 1.52. The van der Waals surface area contributed by atoms with Crippen molar-refractivity contribution in [2.24, 2.45) is 0 Å². The molecule has 1 aromatic carbocycles. The van der Waals surface area contributed by atoms with Crippen LogP contribution in [-0.2, 0) is 0 Å². The zero-order valence-electron chi connectivity index (χ0n) is 7.18. The molecule has 0 saturated carbocycles. The summed E-state index contributed by atoms with van der Waals surface area (Å²) in [5.41, 5.74) is 0.0928. The van der Waals surface area contributed by atoms with E-state index in [1.54, 1.807) is 29.8 Å².